The molecule has 1 heterocycles. The molecule has 1 aromatic heterocycles. The quantitative estimate of drug-likeness (QED) is 0.599. The third kappa shape index (κ3) is 1.47. The highest BCUT2D eigenvalue weighted by atomic mass is 16.3. The molecule has 0 aliphatic rings. The Balaban J connectivity index is 2.32. The number of nitrogens with zero attached hydrogens (tertiary/aromatic N) is 1. The third-order valence-electron chi connectivity index (χ3n) is 2.96. The fourth-order valence-electron chi connectivity index (χ4n) is 2.08. The van der Waals surface area contributed by atoms with Gasteiger partial charge in [0, 0.05) is 22.9 Å². The fraction of sp³-hybridized carbons (Fsp3) is 0. The average Bonchev–Trinajstić information content (AvgIpc) is 2.87. The van der Waals surface area contributed by atoms with Crippen molar-refractivity contribution in [3.63, 3.8) is 0 Å². The van der Waals surface area contributed by atoms with E-state index in [1.54, 1.807) is 12.4 Å². The first kappa shape index (κ1) is 10.5. The molecule has 0 spiro atoms. The summed E-state index contributed by atoms with van der Waals surface area (Å²) in [5.74, 6) is 0.114. The van der Waals surface area contributed by atoms with Crippen molar-refractivity contribution in [2.75, 3.05) is 0 Å². The van der Waals surface area contributed by atoms with Crippen LogP contribution < -0.4 is 0 Å². The molecule has 0 unspecified atom stereocenters. The molecule has 0 aliphatic heterocycles. The predicted molar refractivity (Wildman–Crippen MR) is 71.1 cm³/mol. The second-order valence-electron chi connectivity index (χ2n) is 3.99. The van der Waals surface area contributed by atoms with Gasteiger partial charge in [-0.3, -0.25) is 0 Å². The number of phenols is 1. The Labute approximate surface area is 103 Å². The van der Waals surface area contributed by atoms with Crippen molar-refractivity contribution in [2.45, 2.75) is 0 Å². The van der Waals surface area contributed by atoms with Gasteiger partial charge in [-0.1, -0.05) is 24.3 Å². The van der Waals surface area contributed by atoms with E-state index in [0.717, 1.165) is 22.8 Å². The van der Waals surface area contributed by atoms with Gasteiger partial charge in [-0.25, -0.2) is 4.98 Å². The van der Waals surface area contributed by atoms with Gasteiger partial charge >= 0.3 is 0 Å². The molecule has 4 nitrogen and oxygen atoms in total. The van der Waals surface area contributed by atoms with Crippen LogP contribution in [-0.2, 0) is 0 Å². The van der Waals surface area contributed by atoms with Gasteiger partial charge < -0.3 is 15.5 Å². The van der Waals surface area contributed by atoms with Crippen molar-refractivity contribution < 1.29 is 5.11 Å². The van der Waals surface area contributed by atoms with E-state index in [1.807, 2.05) is 30.3 Å². The van der Waals surface area contributed by atoms with E-state index in [-0.39, 0.29) is 5.75 Å². The van der Waals surface area contributed by atoms with Gasteiger partial charge in [0.25, 0.3) is 0 Å². The zero-order valence-corrected chi connectivity index (χ0v) is 9.51. The van der Waals surface area contributed by atoms with Crippen molar-refractivity contribution >= 4 is 17.2 Å². The number of hydrogen-bond donors (Lipinski definition) is 3. The lowest BCUT2D eigenvalue weighted by Crippen LogP contribution is -1.86. The van der Waals surface area contributed by atoms with E-state index in [2.05, 4.69) is 9.97 Å². The summed E-state index contributed by atoms with van der Waals surface area (Å²) < 4.78 is 0. The van der Waals surface area contributed by atoms with Crippen molar-refractivity contribution in [2.24, 2.45) is 0 Å². The van der Waals surface area contributed by atoms with Gasteiger partial charge in [0.1, 0.15) is 5.75 Å². The van der Waals surface area contributed by atoms with Crippen LogP contribution in [0.2, 0.25) is 0 Å². The molecule has 3 aromatic rings. The Kier molecular flexibility index (Phi) is 2.34. The lowest BCUT2D eigenvalue weighted by molar-refractivity contribution is 0.476. The van der Waals surface area contributed by atoms with Crippen LogP contribution in [0.1, 0.15) is 5.56 Å². The molecular weight excluding hydrogens is 226 g/mol. The zero-order chi connectivity index (χ0) is 12.5. The molecule has 0 bridgehead atoms. The number of imidazole rings is 1. The molecule has 18 heavy (non-hydrogen) atoms. The van der Waals surface area contributed by atoms with Gasteiger partial charge in [0.2, 0.25) is 0 Å². The Morgan fingerprint density at radius 3 is 2.72 bits per heavy atom. The minimum Gasteiger partial charge on any atom is -0.507 e. The maximum atomic E-state index is 10.1. The topological polar surface area (TPSA) is 72.8 Å². The number of H-pyrrole nitrogens is 1. The summed E-state index contributed by atoms with van der Waals surface area (Å²) in [6.45, 7) is 0. The summed E-state index contributed by atoms with van der Waals surface area (Å²) in [7, 11) is 0. The highest BCUT2D eigenvalue weighted by Crippen LogP contribution is 2.34. The minimum atomic E-state index is 0.114. The van der Waals surface area contributed by atoms with Gasteiger partial charge in [0.05, 0.1) is 17.4 Å². The van der Waals surface area contributed by atoms with Crippen molar-refractivity contribution in [1.29, 1.82) is 5.41 Å². The molecule has 3 rings (SSSR count). The molecule has 0 radical (unpaired) electrons. The number of hydrogen-bond acceptors (Lipinski definition) is 3. The second-order valence-corrected chi connectivity index (χ2v) is 3.99. The lowest BCUT2D eigenvalue weighted by Gasteiger charge is -2.07. The summed E-state index contributed by atoms with van der Waals surface area (Å²) in [5.41, 5.74) is 3.78. The number of phenolic OH excluding ortho intramolecular Hbond substituents is 1. The molecule has 0 amide bonds. The number of fused-ring (bicyclic) bond motifs is 1. The standard InChI is InChI=1S/C14H11N3O/c15-7-9-3-1-5-11(14(9)18)10-4-2-6-12-13(10)17-8-16-12/h1-8,15,18H,(H,16,17). The Hall–Kier alpha value is -2.62. The third-order valence-corrected chi connectivity index (χ3v) is 2.96. The summed E-state index contributed by atoms with van der Waals surface area (Å²) in [4.78, 5) is 7.31. The lowest BCUT2D eigenvalue weighted by atomic mass is 10.0. The number of benzene rings is 2. The first-order valence-electron chi connectivity index (χ1n) is 5.56. The normalized spacial score (nSPS) is 10.7. The zero-order valence-electron chi connectivity index (χ0n) is 9.51. The van der Waals surface area contributed by atoms with E-state index in [4.69, 9.17) is 5.41 Å². The number of aromatic amines is 1. The number of rotatable bonds is 2. The molecule has 88 valence electrons. The van der Waals surface area contributed by atoms with Gasteiger partial charge in [-0.05, 0) is 12.1 Å². The smallest absolute Gasteiger partial charge is 0.132 e. The summed E-state index contributed by atoms with van der Waals surface area (Å²) in [5, 5.41) is 17.4. The highest BCUT2D eigenvalue weighted by molar-refractivity contribution is 5.96. The largest absolute Gasteiger partial charge is 0.507 e. The van der Waals surface area contributed by atoms with E-state index in [1.165, 1.54) is 0 Å². The molecular formula is C14H11N3O. The monoisotopic (exact) mass is 237 g/mol. The molecule has 0 fully saturated rings. The number of para-hydroxylation sites is 2. The molecule has 2 aromatic carbocycles. The Bertz CT molecular complexity index is 731. The van der Waals surface area contributed by atoms with Gasteiger partial charge in [-0.2, -0.15) is 0 Å². The molecule has 3 N–H and O–H groups in total. The van der Waals surface area contributed by atoms with E-state index < -0.39 is 0 Å². The van der Waals surface area contributed by atoms with Crippen molar-refractivity contribution in [3.05, 3.63) is 48.3 Å². The minimum absolute atomic E-state index is 0.114. The molecule has 0 atom stereocenters. The number of aromatic nitrogens is 2. The van der Waals surface area contributed by atoms with Crippen LogP contribution in [0.25, 0.3) is 22.2 Å². The van der Waals surface area contributed by atoms with Crippen LogP contribution in [0, 0.1) is 5.41 Å². The van der Waals surface area contributed by atoms with Crippen LogP contribution in [0.3, 0.4) is 0 Å². The number of aromatic hydroxyl groups is 1. The van der Waals surface area contributed by atoms with Gasteiger partial charge in [0.15, 0.2) is 0 Å². The first-order chi connectivity index (χ1) is 8.81. The van der Waals surface area contributed by atoms with Gasteiger partial charge in [-0.15, -0.1) is 0 Å². The molecule has 0 aliphatic carbocycles. The van der Waals surface area contributed by atoms with Crippen molar-refractivity contribution in [3.8, 4) is 16.9 Å². The van der Waals surface area contributed by atoms with Crippen LogP contribution in [0.5, 0.6) is 5.75 Å². The van der Waals surface area contributed by atoms with Crippen LogP contribution >= 0.6 is 0 Å². The molecule has 4 heteroatoms. The fourth-order valence-corrected chi connectivity index (χ4v) is 2.08. The maximum absolute atomic E-state index is 10.1. The summed E-state index contributed by atoms with van der Waals surface area (Å²) in [6, 6.07) is 11.1. The van der Waals surface area contributed by atoms with E-state index in [9.17, 15) is 5.11 Å². The van der Waals surface area contributed by atoms with Crippen LogP contribution in [0.15, 0.2) is 42.7 Å². The van der Waals surface area contributed by atoms with Crippen LogP contribution in [-0.4, -0.2) is 21.3 Å². The molecule has 0 saturated carbocycles. The maximum Gasteiger partial charge on any atom is 0.132 e. The second kappa shape index (κ2) is 4.00. The summed E-state index contributed by atoms with van der Waals surface area (Å²) in [6.07, 6.45) is 2.77. The van der Waals surface area contributed by atoms with E-state index >= 15 is 0 Å². The number of nitrogens with one attached hydrogen (secondary N) is 2. The van der Waals surface area contributed by atoms with Crippen LogP contribution in [0.4, 0.5) is 0 Å². The highest BCUT2D eigenvalue weighted by Gasteiger charge is 2.11. The Morgan fingerprint density at radius 2 is 1.89 bits per heavy atom. The van der Waals surface area contributed by atoms with E-state index in [0.29, 0.717) is 11.1 Å². The predicted octanol–water partition coefficient (Wildman–Crippen LogP) is 2.93. The first-order valence-corrected chi connectivity index (χ1v) is 5.56. The molecule has 0 saturated heterocycles. The average molecular weight is 237 g/mol. The Morgan fingerprint density at radius 1 is 1.11 bits per heavy atom. The summed E-state index contributed by atoms with van der Waals surface area (Å²) >= 11 is 0. The van der Waals surface area contributed by atoms with Crippen molar-refractivity contribution in [1.82, 2.24) is 9.97 Å². The SMILES string of the molecule is N=Cc1cccc(-c2cccc3[nH]cnc23)c1O.